The van der Waals surface area contributed by atoms with Crippen molar-refractivity contribution in [2.45, 2.75) is 0 Å². The molecule has 0 saturated carbocycles. The van der Waals surface area contributed by atoms with Crippen LogP contribution in [0.15, 0.2) is 60.7 Å². The van der Waals surface area contributed by atoms with E-state index in [0.29, 0.717) is 5.11 Å². The molecular weight excluding hydrogens is 273 g/mol. The van der Waals surface area contributed by atoms with Gasteiger partial charge in [0.1, 0.15) is 0 Å². The molecule has 2 rings (SSSR count). The lowest BCUT2D eigenvalue weighted by atomic mass is 10.4. The predicted octanol–water partition coefficient (Wildman–Crippen LogP) is 1.41. The third-order valence-electron chi connectivity index (χ3n) is 2.66. The first-order valence-electron chi connectivity index (χ1n) is 5.93. The van der Waals surface area contributed by atoms with Gasteiger partial charge < -0.3 is 10.7 Å². The lowest BCUT2D eigenvalue weighted by Crippen LogP contribution is -2.40. The Morgan fingerprint density at radius 3 is 1.84 bits per heavy atom. The fourth-order valence-corrected chi connectivity index (χ4v) is 3.97. The number of hydrazine groups is 1. The summed E-state index contributed by atoms with van der Waals surface area (Å²) in [6.07, 6.45) is 0.770. The fraction of sp³-hybridized carbons (Fsp3) is 0.0714. The molecule has 0 aliphatic carbocycles. The minimum Gasteiger partial charge on any atom is -0.357 e. The standard InChI is InChI=1S/C14H16N3PS/c15-17-14(19)16-11-18(12-7-3-1-4-8-12)13-9-5-2-6-10-13/h1-10H,11,15H2,(H2,16,17,19). The van der Waals surface area contributed by atoms with Crippen molar-refractivity contribution in [1.29, 1.82) is 0 Å². The van der Waals surface area contributed by atoms with E-state index in [1.54, 1.807) is 0 Å². The molecule has 0 aromatic heterocycles. The molecule has 3 nitrogen and oxygen atoms in total. The summed E-state index contributed by atoms with van der Waals surface area (Å²) < 4.78 is 0. The van der Waals surface area contributed by atoms with E-state index in [1.807, 2.05) is 12.1 Å². The Morgan fingerprint density at radius 1 is 0.947 bits per heavy atom. The molecule has 0 saturated heterocycles. The maximum absolute atomic E-state index is 5.29. The van der Waals surface area contributed by atoms with Crippen LogP contribution in [0.5, 0.6) is 0 Å². The average molecular weight is 289 g/mol. The van der Waals surface area contributed by atoms with E-state index in [2.05, 4.69) is 59.3 Å². The SMILES string of the molecule is NNC(=S)NCP(c1ccccc1)c1ccccc1. The summed E-state index contributed by atoms with van der Waals surface area (Å²) in [5.74, 6) is 5.29. The zero-order valence-electron chi connectivity index (χ0n) is 10.4. The number of thiocarbonyl (C=S) groups is 1. The van der Waals surface area contributed by atoms with E-state index in [0.717, 1.165) is 6.29 Å². The molecule has 0 fully saturated rings. The van der Waals surface area contributed by atoms with Crippen molar-refractivity contribution in [2.24, 2.45) is 5.84 Å². The molecule has 0 aliphatic heterocycles. The normalized spacial score (nSPS) is 10.2. The van der Waals surface area contributed by atoms with Crippen molar-refractivity contribution in [1.82, 2.24) is 10.7 Å². The van der Waals surface area contributed by atoms with Crippen LogP contribution in [0.25, 0.3) is 0 Å². The van der Waals surface area contributed by atoms with Crippen LogP contribution in [0.4, 0.5) is 0 Å². The second-order valence-electron chi connectivity index (χ2n) is 3.91. The highest BCUT2D eigenvalue weighted by Crippen LogP contribution is 2.31. The van der Waals surface area contributed by atoms with Crippen LogP contribution >= 0.6 is 20.1 Å². The lowest BCUT2D eigenvalue weighted by Gasteiger charge is -2.19. The van der Waals surface area contributed by atoms with Crippen molar-refractivity contribution in [2.75, 3.05) is 6.29 Å². The molecule has 0 atom stereocenters. The average Bonchev–Trinajstić information content (AvgIpc) is 2.49. The Kier molecular flexibility index (Phi) is 5.28. The third-order valence-corrected chi connectivity index (χ3v) is 5.24. The second-order valence-corrected chi connectivity index (χ2v) is 6.52. The first-order chi connectivity index (χ1) is 9.31. The van der Waals surface area contributed by atoms with Gasteiger partial charge in [-0.2, -0.15) is 0 Å². The molecule has 0 aliphatic rings. The number of hydrogen-bond donors (Lipinski definition) is 3. The molecule has 0 spiro atoms. The summed E-state index contributed by atoms with van der Waals surface area (Å²) in [5, 5.41) is 6.26. The smallest absolute Gasteiger partial charge is 0.180 e. The van der Waals surface area contributed by atoms with E-state index in [1.165, 1.54) is 10.6 Å². The summed E-state index contributed by atoms with van der Waals surface area (Å²) in [6, 6.07) is 20.9. The second kappa shape index (κ2) is 7.19. The predicted molar refractivity (Wildman–Crippen MR) is 87.0 cm³/mol. The van der Waals surface area contributed by atoms with E-state index < -0.39 is 7.92 Å². The number of nitrogens with one attached hydrogen (secondary N) is 2. The highest BCUT2D eigenvalue weighted by molar-refractivity contribution is 7.80. The van der Waals surface area contributed by atoms with Gasteiger partial charge in [0.25, 0.3) is 0 Å². The van der Waals surface area contributed by atoms with Crippen LogP contribution < -0.4 is 27.2 Å². The molecule has 19 heavy (non-hydrogen) atoms. The molecule has 0 unspecified atom stereocenters. The topological polar surface area (TPSA) is 50.1 Å². The molecule has 0 amide bonds. The zero-order valence-corrected chi connectivity index (χ0v) is 12.1. The molecule has 0 radical (unpaired) electrons. The number of benzene rings is 2. The zero-order chi connectivity index (χ0) is 13.5. The van der Waals surface area contributed by atoms with Gasteiger partial charge in [-0.15, -0.1) is 0 Å². The minimum atomic E-state index is -0.483. The number of nitrogens with two attached hydrogens (primary N) is 1. The number of rotatable bonds is 4. The molecule has 98 valence electrons. The van der Waals surface area contributed by atoms with Gasteiger partial charge in [0.15, 0.2) is 5.11 Å². The van der Waals surface area contributed by atoms with Crippen LogP contribution in [0, 0.1) is 0 Å². The monoisotopic (exact) mass is 289 g/mol. The summed E-state index contributed by atoms with van der Waals surface area (Å²) in [7, 11) is -0.483. The number of hydrogen-bond acceptors (Lipinski definition) is 2. The summed E-state index contributed by atoms with van der Waals surface area (Å²) in [6.45, 7) is 0. The highest BCUT2D eigenvalue weighted by Gasteiger charge is 2.13. The van der Waals surface area contributed by atoms with E-state index in [-0.39, 0.29) is 0 Å². The maximum Gasteiger partial charge on any atom is 0.180 e. The first kappa shape index (κ1) is 13.9. The summed E-state index contributed by atoms with van der Waals surface area (Å²) >= 11 is 5.04. The van der Waals surface area contributed by atoms with Crippen LogP contribution in [-0.4, -0.2) is 11.4 Å². The van der Waals surface area contributed by atoms with Crippen molar-refractivity contribution in [3.8, 4) is 0 Å². The van der Waals surface area contributed by atoms with Crippen LogP contribution in [0.3, 0.4) is 0 Å². The van der Waals surface area contributed by atoms with Crippen molar-refractivity contribution < 1.29 is 0 Å². The van der Waals surface area contributed by atoms with Gasteiger partial charge in [-0.25, -0.2) is 5.84 Å². The Labute approximate surface area is 119 Å². The van der Waals surface area contributed by atoms with Gasteiger partial charge in [0.2, 0.25) is 0 Å². The van der Waals surface area contributed by atoms with Gasteiger partial charge in [0, 0.05) is 6.29 Å². The quantitative estimate of drug-likeness (QED) is 0.345. The van der Waals surface area contributed by atoms with Crippen molar-refractivity contribution in [3.05, 3.63) is 60.7 Å². The Balaban J connectivity index is 2.21. The van der Waals surface area contributed by atoms with Gasteiger partial charge >= 0.3 is 0 Å². The summed E-state index contributed by atoms with van der Waals surface area (Å²) in [5.41, 5.74) is 2.45. The van der Waals surface area contributed by atoms with Crippen LogP contribution in [0.2, 0.25) is 0 Å². The van der Waals surface area contributed by atoms with E-state index >= 15 is 0 Å². The van der Waals surface area contributed by atoms with Gasteiger partial charge in [-0.05, 0) is 30.7 Å². The third kappa shape index (κ3) is 4.00. The van der Waals surface area contributed by atoms with Gasteiger partial charge in [-0.1, -0.05) is 60.7 Å². The fourth-order valence-electron chi connectivity index (χ4n) is 1.75. The minimum absolute atomic E-state index is 0.472. The van der Waals surface area contributed by atoms with Crippen molar-refractivity contribution >= 4 is 35.9 Å². The molecule has 5 heteroatoms. The largest absolute Gasteiger partial charge is 0.357 e. The van der Waals surface area contributed by atoms with Crippen LogP contribution in [-0.2, 0) is 0 Å². The molecule has 2 aromatic rings. The van der Waals surface area contributed by atoms with E-state index in [9.17, 15) is 0 Å². The Morgan fingerprint density at radius 2 is 1.42 bits per heavy atom. The Bertz CT molecular complexity index is 479. The molecule has 4 N–H and O–H groups in total. The maximum atomic E-state index is 5.29. The van der Waals surface area contributed by atoms with Crippen LogP contribution in [0.1, 0.15) is 0 Å². The molecular formula is C14H16N3PS. The summed E-state index contributed by atoms with van der Waals surface area (Å²) in [4.78, 5) is 0. The lowest BCUT2D eigenvalue weighted by molar-refractivity contribution is 0.962. The highest BCUT2D eigenvalue weighted by atomic mass is 32.1. The molecule has 0 heterocycles. The molecule has 0 bridgehead atoms. The van der Waals surface area contributed by atoms with E-state index in [4.69, 9.17) is 18.1 Å². The van der Waals surface area contributed by atoms with Gasteiger partial charge in [-0.3, -0.25) is 0 Å². The van der Waals surface area contributed by atoms with Crippen molar-refractivity contribution in [3.63, 3.8) is 0 Å². The van der Waals surface area contributed by atoms with Gasteiger partial charge in [0.05, 0.1) is 0 Å². The first-order valence-corrected chi connectivity index (χ1v) is 7.87. The molecule has 2 aromatic carbocycles. The Hall–Kier alpha value is -1.48.